The first-order valence-electron chi connectivity index (χ1n) is 14.0. The molecule has 2 atom stereocenters. The fraction of sp³-hybridized carbons (Fsp3) is 0.929. The molecule has 4 aliphatic heterocycles. The number of nitrogens with one attached hydrogen (secondary N) is 2. The molecule has 36 heavy (non-hydrogen) atoms. The quantitative estimate of drug-likeness (QED) is 0.490. The Balaban J connectivity index is 0.000000201. The second kappa shape index (κ2) is 11.1. The molecule has 2 amide bonds. The molecule has 0 saturated carbocycles. The van der Waals surface area contributed by atoms with Crippen molar-refractivity contribution in [2.24, 2.45) is 10.8 Å². The van der Waals surface area contributed by atoms with Gasteiger partial charge in [0.05, 0.1) is 0 Å². The van der Waals surface area contributed by atoms with E-state index in [0.717, 1.165) is 65.0 Å². The standard InChI is InChI=1S/2C14H26N2O2/c2*1-11-9-14(10-15-11)5-7-16(8-6-14)12(17)18-13(2,3)4/h2*11,15H,5-10H2,1-4H3/t2*11-/m10/s1. The molecule has 2 N–H and O–H groups in total. The van der Waals surface area contributed by atoms with Gasteiger partial charge in [-0.3, -0.25) is 0 Å². The van der Waals surface area contributed by atoms with E-state index in [1.165, 1.54) is 12.8 Å². The van der Waals surface area contributed by atoms with E-state index < -0.39 is 11.2 Å². The van der Waals surface area contributed by atoms with Gasteiger partial charge in [-0.25, -0.2) is 9.59 Å². The highest BCUT2D eigenvalue weighted by Gasteiger charge is 2.42. The highest BCUT2D eigenvalue weighted by atomic mass is 16.6. The van der Waals surface area contributed by atoms with Crippen molar-refractivity contribution in [3.05, 3.63) is 0 Å². The summed E-state index contributed by atoms with van der Waals surface area (Å²) >= 11 is 0. The van der Waals surface area contributed by atoms with Crippen LogP contribution in [-0.2, 0) is 9.47 Å². The third kappa shape index (κ3) is 8.23. The summed E-state index contributed by atoms with van der Waals surface area (Å²) in [4.78, 5) is 27.7. The van der Waals surface area contributed by atoms with Gasteiger partial charge in [-0.1, -0.05) is 0 Å². The predicted molar refractivity (Wildman–Crippen MR) is 143 cm³/mol. The van der Waals surface area contributed by atoms with Crippen LogP contribution in [0.5, 0.6) is 0 Å². The zero-order valence-electron chi connectivity index (χ0n) is 24.2. The summed E-state index contributed by atoms with van der Waals surface area (Å²) in [6.45, 7) is 21.5. The van der Waals surface area contributed by atoms with E-state index >= 15 is 0 Å². The molecule has 4 saturated heterocycles. The van der Waals surface area contributed by atoms with Crippen LogP contribution in [0.1, 0.15) is 93.9 Å². The number of amides is 2. The van der Waals surface area contributed by atoms with Crippen LogP contribution < -0.4 is 10.6 Å². The van der Waals surface area contributed by atoms with E-state index in [-0.39, 0.29) is 12.2 Å². The lowest BCUT2D eigenvalue weighted by Gasteiger charge is -2.39. The molecule has 2 spiro atoms. The van der Waals surface area contributed by atoms with Crippen molar-refractivity contribution in [3.8, 4) is 0 Å². The van der Waals surface area contributed by atoms with Crippen LogP contribution in [0.2, 0.25) is 0 Å². The summed E-state index contributed by atoms with van der Waals surface area (Å²) in [5, 5.41) is 7.06. The summed E-state index contributed by atoms with van der Waals surface area (Å²) < 4.78 is 10.8. The Morgan fingerprint density at radius 3 is 1.19 bits per heavy atom. The van der Waals surface area contributed by atoms with Crippen molar-refractivity contribution in [3.63, 3.8) is 0 Å². The van der Waals surface area contributed by atoms with Gasteiger partial charge in [-0.15, -0.1) is 0 Å². The van der Waals surface area contributed by atoms with Gasteiger partial charge in [-0.2, -0.15) is 0 Å². The highest BCUT2D eigenvalue weighted by molar-refractivity contribution is 5.68. The van der Waals surface area contributed by atoms with Gasteiger partial charge >= 0.3 is 12.2 Å². The fourth-order valence-electron chi connectivity index (χ4n) is 6.11. The second-order valence-electron chi connectivity index (χ2n) is 13.9. The summed E-state index contributed by atoms with van der Waals surface area (Å²) in [7, 11) is 0. The first-order chi connectivity index (χ1) is 16.6. The molecule has 8 nitrogen and oxygen atoms in total. The SMILES string of the molecule is C[C@@H]1CC2(CCN(C(=O)OC(C)(C)C)CC2)CN1.C[C@H]1CC2(CCN(C(=O)OC(C)(C)C)CC2)CN1. The third-order valence-electron chi connectivity index (χ3n) is 8.08. The number of hydrogen-bond donors (Lipinski definition) is 2. The lowest BCUT2D eigenvalue weighted by molar-refractivity contribution is 0.0108. The lowest BCUT2D eigenvalue weighted by atomic mass is 9.77. The number of rotatable bonds is 0. The number of likely N-dealkylation sites (tertiary alicyclic amines) is 2. The predicted octanol–water partition coefficient (Wildman–Crippen LogP) is 4.77. The van der Waals surface area contributed by atoms with Crippen LogP contribution in [0.25, 0.3) is 0 Å². The van der Waals surface area contributed by atoms with Crippen molar-refractivity contribution in [1.82, 2.24) is 20.4 Å². The maximum atomic E-state index is 12.0. The van der Waals surface area contributed by atoms with E-state index in [2.05, 4.69) is 24.5 Å². The van der Waals surface area contributed by atoms with Gasteiger partial charge < -0.3 is 29.9 Å². The lowest BCUT2D eigenvalue weighted by Crippen LogP contribution is -2.45. The molecular weight excluding hydrogens is 456 g/mol. The maximum absolute atomic E-state index is 12.0. The minimum atomic E-state index is -0.393. The number of ether oxygens (including phenoxy) is 2. The van der Waals surface area contributed by atoms with E-state index in [4.69, 9.17) is 9.47 Å². The molecule has 4 heterocycles. The number of carbonyl (C=O) groups is 2. The molecule has 8 heteroatoms. The Bertz CT molecular complexity index is 692. The van der Waals surface area contributed by atoms with Crippen LogP contribution in [0.4, 0.5) is 9.59 Å². The zero-order valence-corrected chi connectivity index (χ0v) is 24.2. The molecule has 0 aromatic heterocycles. The molecule has 4 rings (SSSR count). The van der Waals surface area contributed by atoms with Gasteiger partial charge in [0.15, 0.2) is 0 Å². The molecule has 208 valence electrons. The molecule has 0 unspecified atom stereocenters. The number of nitrogens with zero attached hydrogens (tertiary/aromatic N) is 2. The maximum Gasteiger partial charge on any atom is 0.410 e. The Morgan fingerprint density at radius 2 is 0.972 bits per heavy atom. The van der Waals surface area contributed by atoms with Crippen molar-refractivity contribution in [2.75, 3.05) is 39.3 Å². The van der Waals surface area contributed by atoms with Crippen LogP contribution in [0.3, 0.4) is 0 Å². The summed E-state index contributed by atoms with van der Waals surface area (Å²) in [5.41, 5.74) is 0.0706. The Kier molecular flexibility index (Phi) is 8.92. The summed E-state index contributed by atoms with van der Waals surface area (Å²) in [5.74, 6) is 0. The van der Waals surface area contributed by atoms with Crippen LogP contribution in [0.15, 0.2) is 0 Å². The molecule has 0 aromatic carbocycles. The molecule has 0 aliphatic carbocycles. The first-order valence-corrected chi connectivity index (χ1v) is 14.0. The van der Waals surface area contributed by atoms with Crippen LogP contribution in [-0.4, -0.2) is 84.5 Å². The van der Waals surface area contributed by atoms with Crippen molar-refractivity contribution < 1.29 is 19.1 Å². The van der Waals surface area contributed by atoms with Gasteiger partial charge in [-0.05, 0) is 105 Å². The summed E-state index contributed by atoms with van der Waals surface area (Å²) in [6, 6.07) is 1.25. The average molecular weight is 509 g/mol. The van der Waals surface area contributed by atoms with E-state index in [9.17, 15) is 9.59 Å². The van der Waals surface area contributed by atoms with Crippen molar-refractivity contribution in [1.29, 1.82) is 0 Å². The number of piperidine rings is 2. The molecule has 4 fully saturated rings. The highest BCUT2D eigenvalue weighted by Crippen LogP contribution is 2.40. The third-order valence-corrected chi connectivity index (χ3v) is 8.08. The Hall–Kier alpha value is -1.54. The van der Waals surface area contributed by atoms with Crippen LogP contribution >= 0.6 is 0 Å². The second-order valence-corrected chi connectivity index (χ2v) is 13.9. The monoisotopic (exact) mass is 508 g/mol. The van der Waals surface area contributed by atoms with Crippen molar-refractivity contribution in [2.45, 2.75) is 117 Å². The van der Waals surface area contributed by atoms with Gasteiger partial charge in [0.25, 0.3) is 0 Å². The fourth-order valence-corrected chi connectivity index (χ4v) is 6.11. The average Bonchev–Trinajstić information content (AvgIpc) is 3.29. The minimum Gasteiger partial charge on any atom is -0.444 e. The van der Waals surface area contributed by atoms with E-state index in [1.807, 2.05) is 51.3 Å². The smallest absolute Gasteiger partial charge is 0.410 e. The van der Waals surface area contributed by atoms with Gasteiger partial charge in [0.2, 0.25) is 0 Å². The van der Waals surface area contributed by atoms with Gasteiger partial charge in [0.1, 0.15) is 11.2 Å². The Morgan fingerprint density at radius 1 is 0.667 bits per heavy atom. The Labute approximate surface area is 219 Å². The molecule has 4 aliphatic rings. The van der Waals surface area contributed by atoms with E-state index in [1.54, 1.807) is 0 Å². The topological polar surface area (TPSA) is 83.1 Å². The number of hydrogen-bond acceptors (Lipinski definition) is 6. The minimum absolute atomic E-state index is 0.156. The summed E-state index contributed by atoms with van der Waals surface area (Å²) in [6.07, 6.45) is 6.58. The van der Waals surface area contributed by atoms with Crippen molar-refractivity contribution >= 4 is 12.2 Å². The van der Waals surface area contributed by atoms with E-state index in [0.29, 0.717) is 22.9 Å². The number of carbonyl (C=O) groups excluding carboxylic acids is 2. The molecule has 0 bridgehead atoms. The zero-order chi connectivity index (χ0) is 26.8. The molecule has 0 radical (unpaired) electrons. The normalized spacial score (nSPS) is 27.6. The largest absolute Gasteiger partial charge is 0.444 e. The van der Waals surface area contributed by atoms with Crippen LogP contribution in [0, 0.1) is 10.8 Å². The molecular formula is C28H52N4O4. The molecule has 0 aromatic rings. The first kappa shape index (κ1) is 29.0. The van der Waals surface area contributed by atoms with Gasteiger partial charge in [0, 0.05) is 51.4 Å².